The third-order valence-corrected chi connectivity index (χ3v) is 3.93. The van der Waals surface area contributed by atoms with E-state index in [2.05, 4.69) is 20.9 Å². The van der Waals surface area contributed by atoms with Crippen molar-refractivity contribution in [3.63, 3.8) is 0 Å². The van der Waals surface area contributed by atoms with E-state index in [4.69, 9.17) is 5.73 Å². The second-order valence-electron chi connectivity index (χ2n) is 4.53. The van der Waals surface area contributed by atoms with Crippen molar-refractivity contribution in [1.82, 2.24) is 9.55 Å². The molecule has 3 aromatic rings. The molecule has 0 amide bonds. The van der Waals surface area contributed by atoms with Crippen molar-refractivity contribution in [2.24, 2.45) is 5.73 Å². The van der Waals surface area contributed by atoms with Gasteiger partial charge in [0.2, 0.25) is 0 Å². The molecule has 0 fully saturated rings. The van der Waals surface area contributed by atoms with Gasteiger partial charge in [-0.3, -0.25) is 0 Å². The van der Waals surface area contributed by atoms with E-state index in [0.717, 1.165) is 21.4 Å². The summed E-state index contributed by atoms with van der Waals surface area (Å²) in [6.45, 7) is 0. The Hall–Kier alpha value is -1.91. The number of nitrogens with zero attached hydrogens (tertiary/aromatic N) is 2. The molecule has 1 unspecified atom stereocenters. The fourth-order valence-corrected chi connectivity index (χ4v) is 2.69. The molecular formula is C16H14BrN3. The van der Waals surface area contributed by atoms with Crippen LogP contribution in [0.1, 0.15) is 17.3 Å². The van der Waals surface area contributed by atoms with Gasteiger partial charge in [0.25, 0.3) is 0 Å². The van der Waals surface area contributed by atoms with Crippen molar-refractivity contribution >= 4 is 15.9 Å². The highest BCUT2D eigenvalue weighted by molar-refractivity contribution is 9.10. The minimum atomic E-state index is -0.203. The van der Waals surface area contributed by atoms with Gasteiger partial charge in [-0.05, 0) is 33.6 Å². The van der Waals surface area contributed by atoms with Gasteiger partial charge >= 0.3 is 0 Å². The van der Waals surface area contributed by atoms with Gasteiger partial charge in [-0.1, -0.05) is 42.5 Å². The van der Waals surface area contributed by atoms with Crippen LogP contribution in [0.5, 0.6) is 0 Å². The highest BCUT2D eigenvalue weighted by Crippen LogP contribution is 2.26. The molecule has 0 bridgehead atoms. The van der Waals surface area contributed by atoms with Crippen molar-refractivity contribution in [2.45, 2.75) is 6.04 Å². The van der Waals surface area contributed by atoms with Crippen LogP contribution in [0, 0.1) is 0 Å². The van der Waals surface area contributed by atoms with Gasteiger partial charge in [-0.2, -0.15) is 0 Å². The third-order valence-electron chi connectivity index (χ3n) is 3.26. The fourth-order valence-electron chi connectivity index (χ4n) is 2.21. The number of nitrogens with two attached hydrogens (primary N) is 1. The number of hydrogen-bond donors (Lipinski definition) is 1. The van der Waals surface area contributed by atoms with Gasteiger partial charge in [0.05, 0.1) is 29.9 Å². The lowest BCUT2D eigenvalue weighted by molar-refractivity contribution is 0.792. The molecule has 4 heteroatoms. The maximum absolute atomic E-state index is 6.37. The first-order valence-electron chi connectivity index (χ1n) is 6.35. The van der Waals surface area contributed by atoms with Crippen molar-refractivity contribution < 1.29 is 0 Å². The van der Waals surface area contributed by atoms with Crippen molar-refractivity contribution in [3.8, 4) is 5.69 Å². The molecule has 2 aromatic carbocycles. The minimum Gasteiger partial charge on any atom is -0.319 e. The van der Waals surface area contributed by atoms with Crippen molar-refractivity contribution in [3.05, 3.63) is 82.9 Å². The molecule has 0 saturated carbocycles. The average Bonchev–Trinajstić information content (AvgIpc) is 2.97. The lowest BCUT2D eigenvalue weighted by Crippen LogP contribution is -2.15. The fraction of sp³-hybridized carbons (Fsp3) is 0.0625. The van der Waals surface area contributed by atoms with Gasteiger partial charge in [-0.25, -0.2) is 4.98 Å². The van der Waals surface area contributed by atoms with Crippen LogP contribution < -0.4 is 5.73 Å². The number of aromatic nitrogens is 2. The lowest BCUT2D eigenvalue weighted by atomic mass is 10.1. The highest BCUT2D eigenvalue weighted by atomic mass is 79.9. The summed E-state index contributed by atoms with van der Waals surface area (Å²) in [6.07, 6.45) is 3.61. The molecular weight excluding hydrogens is 314 g/mol. The van der Waals surface area contributed by atoms with Gasteiger partial charge in [0, 0.05) is 4.47 Å². The van der Waals surface area contributed by atoms with E-state index in [1.54, 1.807) is 6.33 Å². The Morgan fingerprint density at radius 1 is 1.00 bits per heavy atom. The molecule has 2 N–H and O–H groups in total. The summed E-state index contributed by atoms with van der Waals surface area (Å²) in [6, 6.07) is 17.9. The highest BCUT2D eigenvalue weighted by Gasteiger charge is 2.15. The maximum Gasteiger partial charge on any atom is 0.0995 e. The van der Waals surface area contributed by atoms with E-state index in [1.165, 1.54) is 0 Å². The lowest BCUT2D eigenvalue weighted by Gasteiger charge is -2.16. The molecule has 1 atom stereocenters. The van der Waals surface area contributed by atoms with Gasteiger partial charge < -0.3 is 10.3 Å². The molecule has 0 radical (unpaired) electrons. The minimum absolute atomic E-state index is 0.203. The van der Waals surface area contributed by atoms with Crippen molar-refractivity contribution in [2.75, 3.05) is 0 Å². The second-order valence-corrected chi connectivity index (χ2v) is 5.38. The summed E-state index contributed by atoms with van der Waals surface area (Å²) in [5.74, 6) is 0. The van der Waals surface area contributed by atoms with E-state index < -0.39 is 0 Å². The normalized spacial score (nSPS) is 12.3. The smallest absolute Gasteiger partial charge is 0.0995 e. The predicted molar refractivity (Wildman–Crippen MR) is 83.7 cm³/mol. The Balaban J connectivity index is 2.05. The summed E-state index contributed by atoms with van der Waals surface area (Å²) in [5.41, 5.74) is 9.44. The predicted octanol–water partition coefficient (Wildman–Crippen LogP) is 3.68. The van der Waals surface area contributed by atoms with Gasteiger partial charge in [0.15, 0.2) is 0 Å². The van der Waals surface area contributed by atoms with Crippen LogP contribution in [0.25, 0.3) is 5.69 Å². The molecule has 1 aromatic heterocycles. The number of halogens is 1. The quantitative estimate of drug-likeness (QED) is 0.797. The first kappa shape index (κ1) is 13.1. The standard InChI is InChI=1S/C16H14BrN3/c17-13-8-4-5-9-14(13)20-11-19-10-15(20)16(18)12-6-2-1-3-7-12/h1-11,16H,18H2. The number of hydrogen-bond acceptors (Lipinski definition) is 2. The first-order valence-corrected chi connectivity index (χ1v) is 7.14. The summed E-state index contributed by atoms with van der Waals surface area (Å²) >= 11 is 3.57. The Morgan fingerprint density at radius 3 is 2.45 bits per heavy atom. The molecule has 0 saturated heterocycles. The molecule has 0 spiro atoms. The van der Waals surface area contributed by atoms with Crippen LogP contribution in [-0.4, -0.2) is 9.55 Å². The Kier molecular flexibility index (Phi) is 3.67. The summed E-state index contributed by atoms with van der Waals surface area (Å²) < 4.78 is 3.03. The monoisotopic (exact) mass is 327 g/mol. The van der Waals surface area contributed by atoms with Crippen LogP contribution >= 0.6 is 15.9 Å². The molecule has 3 rings (SSSR count). The van der Waals surface area contributed by atoms with Crippen LogP contribution in [-0.2, 0) is 0 Å². The third kappa shape index (κ3) is 2.40. The molecule has 1 heterocycles. The number of benzene rings is 2. The molecule has 100 valence electrons. The zero-order chi connectivity index (χ0) is 13.9. The summed E-state index contributed by atoms with van der Waals surface area (Å²) in [5, 5.41) is 0. The van der Waals surface area contributed by atoms with Crippen LogP contribution in [0.2, 0.25) is 0 Å². The average molecular weight is 328 g/mol. The van der Waals surface area contributed by atoms with Gasteiger partial charge in [0.1, 0.15) is 0 Å². The molecule has 0 aliphatic carbocycles. The summed E-state index contributed by atoms with van der Waals surface area (Å²) in [7, 11) is 0. The maximum atomic E-state index is 6.37. The first-order chi connectivity index (χ1) is 9.77. The SMILES string of the molecule is NC(c1ccccc1)c1cncn1-c1ccccc1Br. The van der Waals surface area contributed by atoms with E-state index in [0.29, 0.717) is 0 Å². The topological polar surface area (TPSA) is 43.8 Å². The van der Waals surface area contributed by atoms with Crippen LogP contribution in [0.15, 0.2) is 71.6 Å². The number of para-hydroxylation sites is 1. The largest absolute Gasteiger partial charge is 0.319 e. The van der Waals surface area contributed by atoms with E-state index in [-0.39, 0.29) is 6.04 Å². The zero-order valence-corrected chi connectivity index (χ0v) is 12.4. The van der Waals surface area contributed by atoms with Crippen molar-refractivity contribution in [1.29, 1.82) is 0 Å². The van der Waals surface area contributed by atoms with E-state index in [9.17, 15) is 0 Å². The zero-order valence-electron chi connectivity index (χ0n) is 10.8. The number of rotatable bonds is 3. The van der Waals surface area contributed by atoms with Gasteiger partial charge in [-0.15, -0.1) is 0 Å². The molecule has 0 aliphatic rings. The van der Waals surface area contributed by atoms with Crippen LogP contribution in [0.4, 0.5) is 0 Å². The van der Waals surface area contributed by atoms with E-state index >= 15 is 0 Å². The Morgan fingerprint density at radius 2 is 1.70 bits per heavy atom. The second kappa shape index (κ2) is 5.61. The summed E-state index contributed by atoms with van der Waals surface area (Å²) in [4.78, 5) is 4.25. The Bertz CT molecular complexity index is 707. The number of imidazole rings is 1. The molecule has 3 nitrogen and oxygen atoms in total. The Labute approximate surface area is 126 Å². The van der Waals surface area contributed by atoms with Crippen LogP contribution in [0.3, 0.4) is 0 Å². The molecule has 0 aliphatic heterocycles. The van der Waals surface area contributed by atoms with E-state index in [1.807, 2.05) is 65.4 Å². The molecule has 20 heavy (non-hydrogen) atoms.